The Kier molecular flexibility index (Phi) is 8.96. The first-order chi connectivity index (χ1) is 16.7. The topological polar surface area (TPSA) is 76.1 Å². The molecule has 1 unspecified atom stereocenters. The third-order valence-electron chi connectivity index (χ3n) is 5.80. The maximum Gasteiger partial charge on any atom is 0.295 e. The van der Waals surface area contributed by atoms with Crippen molar-refractivity contribution in [3.8, 4) is 11.5 Å². The third kappa shape index (κ3) is 6.44. The number of carbonyl (C=O) groups excluding carboxylic acids is 2. The number of carbonyl (C=O) groups is 2. The molecule has 0 spiro atoms. The molecule has 0 radical (unpaired) electrons. The second-order valence-corrected chi connectivity index (χ2v) is 9.67. The molecule has 188 valence electrons. The number of ether oxygens (including phenoxy) is 2. The van der Waals surface area contributed by atoms with E-state index in [0.29, 0.717) is 36.1 Å². The Balaban J connectivity index is 2.03. The van der Waals surface area contributed by atoms with Crippen molar-refractivity contribution in [1.29, 1.82) is 0 Å². The summed E-state index contributed by atoms with van der Waals surface area (Å²) in [7, 11) is 0. The Morgan fingerprint density at radius 1 is 1.00 bits per heavy atom. The first kappa shape index (κ1) is 26.3. The molecule has 35 heavy (non-hydrogen) atoms. The summed E-state index contributed by atoms with van der Waals surface area (Å²) in [6.45, 7) is 11.1. The van der Waals surface area contributed by atoms with Gasteiger partial charge in [-0.3, -0.25) is 9.59 Å². The molecule has 1 saturated heterocycles. The van der Waals surface area contributed by atoms with Crippen LogP contribution in [-0.4, -0.2) is 41.0 Å². The van der Waals surface area contributed by atoms with Crippen LogP contribution in [0.1, 0.15) is 71.0 Å². The highest BCUT2D eigenvalue weighted by atomic mass is 16.5. The van der Waals surface area contributed by atoms with Gasteiger partial charge in [0.1, 0.15) is 17.3 Å². The molecule has 0 saturated carbocycles. The highest BCUT2D eigenvalue weighted by Crippen LogP contribution is 2.40. The SMILES string of the molecule is CCCCCN1C(=O)C(=O)/C(=C(\O)c2ccc(OCC(C)C)cc2)C1c1cccc(OC(C)C)c1. The average Bonchev–Trinajstić information content (AvgIpc) is 3.07. The van der Waals surface area contributed by atoms with E-state index >= 15 is 0 Å². The monoisotopic (exact) mass is 479 g/mol. The molecular formula is C29H37NO5. The van der Waals surface area contributed by atoms with Crippen LogP contribution in [0.15, 0.2) is 54.1 Å². The minimum atomic E-state index is -0.681. The van der Waals surface area contributed by atoms with Crippen molar-refractivity contribution in [2.24, 2.45) is 5.92 Å². The first-order valence-electron chi connectivity index (χ1n) is 12.5. The maximum absolute atomic E-state index is 13.2. The van der Waals surface area contributed by atoms with Crippen molar-refractivity contribution in [2.75, 3.05) is 13.2 Å². The van der Waals surface area contributed by atoms with Gasteiger partial charge in [-0.15, -0.1) is 0 Å². The van der Waals surface area contributed by atoms with Gasteiger partial charge in [-0.1, -0.05) is 45.7 Å². The number of ketones is 1. The highest BCUT2D eigenvalue weighted by Gasteiger charge is 2.45. The van der Waals surface area contributed by atoms with E-state index < -0.39 is 17.7 Å². The number of rotatable bonds is 11. The fraction of sp³-hybridized carbons (Fsp3) is 0.448. The number of benzene rings is 2. The van der Waals surface area contributed by atoms with Crippen molar-refractivity contribution in [3.63, 3.8) is 0 Å². The van der Waals surface area contributed by atoms with Crippen LogP contribution in [0.5, 0.6) is 11.5 Å². The van der Waals surface area contributed by atoms with Crippen LogP contribution >= 0.6 is 0 Å². The number of aliphatic hydroxyl groups excluding tert-OH is 1. The van der Waals surface area contributed by atoms with E-state index in [2.05, 4.69) is 20.8 Å². The van der Waals surface area contributed by atoms with Crippen molar-refractivity contribution in [2.45, 2.75) is 66.0 Å². The molecule has 6 nitrogen and oxygen atoms in total. The Morgan fingerprint density at radius 2 is 1.71 bits per heavy atom. The second kappa shape index (κ2) is 11.9. The molecule has 6 heteroatoms. The van der Waals surface area contributed by atoms with Gasteiger partial charge in [0, 0.05) is 12.1 Å². The van der Waals surface area contributed by atoms with E-state index in [1.807, 2.05) is 38.1 Å². The number of hydrogen-bond donors (Lipinski definition) is 1. The van der Waals surface area contributed by atoms with E-state index in [9.17, 15) is 14.7 Å². The summed E-state index contributed by atoms with van der Waals surface area (Å²) in [4.78, 5) is 27.8. The fourth-order valence-corrected chi connectivity index (χ4v) is 4.15. The van der Waals surface area contributed by atoms with Crippen molar-refractivity contribution < 1.29 is 24.2 Å². The molecule has 1 atom stereocenters. The average molecular weight is 480 g/mol. The van der Waals surface area contributed by atoms with Gasteiger partial charge in [-0.2, -0.15) is 0 Å². The zero-order chi connectivity index (χ0) is 25.5. The minimum Gasteiger partial charge on any atom is -0.507 e. The smallest absolute Gasteiger partial charge is 0.295 e. The molecule has 0 aromatic heterocycles. The number of nitrogens with zero attached hydrogens (tertiary/aromatic N) is 1. The summed E-state index contributed by atoms with van der Waals surface area (Å²) >= 11 is 0. The Hall–Kier alpha value is -3.28. The lowest BCUT2D eigenvalue weighted by Crippen LogP contribution is -2.30. The molecule has 1 aliphatic heterocycles. The number of unbranched alkanes of at least 4 members (excludes halogenated alkanes) is 2. The molecule has 1 aliphatic rings. The number of likely N-dealkylation sites (tertiary alicyclic amines) is 1. The standard InChI is InChI=1S/C29H37NO5/c1-6-7-8-16-30-26(22-10-9-11-24(17-22)35-20(4)5)25(28(32)29(30)33)27(31)21-12-14-23(15-13-21)34-18-19(2)3/h9-15,17,19-20,26,31H,6-8,16,18H2,1-5H3/b27-25-. The zero-order valence-electron chi connectivity index (χ0n) is 21.4. The Bertz CT molecular complexity index is 1050. The lowest BCUT2D eigenvalue weighted by molar-refractivity contribution is -0.139. The lowest BCUT2D eigenvalue weighted by Gasteiger charge is -2.26. The van der Waals surface area contributed by atoms with Gasteiger partial charge < -0.3 is 19.5 Å². The Morgan fingerprint density at radius 3 is 2.34 bits per heavy atom. The summed E-state index contributed by atoms with van der Waals surface area (Å²) in [5.41, 5.74) is 1.30. The molecule has 3 rings (SSSR count). The number of Topliss-reactive ketones (excluding diaryl/α,β-unsaturated/α-hetero) is 1. The molecule has 1 heterocycles. The van der Waals surface area contributed by atoms with Crippen LogP contribution in [0.4, 0.5) is 0 Å². The van der Waals surface area contributed by atoms with E-state index in [1.165, 1.54) is 0 Å². The van der Waals surface area contributed by atoms with E-state index in [-0.39, 0.29) is 17.4 Å². The summed E-state index contributed by atoms with van der Waals surface area (Å²) in [5, 5.41) is 11.3. The van der Waals surface area contributed by atoms with Crippen LogP contribution in [0.25, 0.3) is 5.76 Å². The van der Waals surface area contributed by atoms with Gasteiger partial charge >= 0.3 is 0 Å². The molecule has 1 N–H and O–H groups in total. The summed E-state index contributed by atoms with van der Waals surface area (Å²) in [5.74, 6) is 0.298. The molecule has 1 amide bonds. The molecular weight excluding hydrogens is 442 g/mol. The number of aliphatic hydroxyl groups is 1. The zero-order valence-corrected chi connectivity index (χ0v) is 21.4. The van der Waals surface area contributed by atoms with E-state index in [0.717, 1.165) is 24.8 Å². The van der Waals surface area contributed by atoms with Crippen molar-refractivity contribution >= 4 is 17.4 Å². The lowest BCUT2D eigenvalue weighted by atomic mass is 9.95. The Labute approximate surface area is 208 Å². The summed E-state index contributed by atoms with van der Waals surface area (Å²) in [6, 6.07) is 13.7. The van der Waals surface area contributed by atoms with Gasteiger partial charge in [-0.25, -0.2) is 0 Å². The van der Waals surface area contributed by atoms with Gasteiger partial charge in [0.05, 0.1) is 24.3 Å². The summed E-state index contributed by atoms with van der Waals surface area (Å²) in [6.07, 6.45) is 2.71. The van der Waals surface area contributed by atoms with Crippen LogP contribution in [0.2, 0.25) is 0 Å². The highest BCUT2D eigenvalue weighted by molar-refractivity contribution is 6.46. The molecule has 1 fully saturated rings. The van der Waals surface area contributed by atoms with Crippen LogP contribution in [-0.2, 0) is 9.59 Å². The quantitative estimate of drug-likeness (QED) is 0.182. The van der Waals surface area contributed by atoms with E-state index in [1.54, 1.807) is 29.2 Å². The summed E-state index contributed by atoms with van der Waals surface area (Å²) < 4.78 is 11.6. The predicted octanol–water partition coefficient (Wildman–Crippen LogP) is 6.12. The van der Waals surface area contributed by atoms with Gasteiger partial charge in [0.2, 0.25) is 0 Å². The van der Waals surface area contributed by atoms with Crippen molar-refractivity contribution in [1.82, 2.24) is 4.90 Å². The molecule has 2 aromatic carbocycles. The van der Waals surface area contributed by atoms with Gasteiger partial charge in [0.15, 0.2) is 0 Å². The van der Waals surface area contributed by atoms with E-state index in [4.69, 9.17) is 9.47 Å². The second-order valence-electron chi connectivity index (χ2n) is 9.67. The minimum absolute atomic E-state index is 0.0161. The number of amides is 1. The van der Waals surface area contributed by atoms with Crippen LogP contribution < -0.4 is 9.47 Å². The molecule has 2 aromatic rings. The van der Waals surface area contributed by atoms with Crippen LogP contribution in [0, 0.1) is 5.92 Å². The molecule has 0 aliphatic carbocycles. The maximum atomic E-state index is 13.2. The predicted molar refractivity (Wildman–Crippen MR) is 138 cm³/mol. The van der Waals surface area contributed by atoms with Gasteiger partial charge in [0.25, 0.3) is 11.7 Å². The third-order valence-corrected chi connectivity index (χ3v) is 5.80. The normalized spacial score (nSPS) is 17.5. The number of hydrogen-bond acceptors (Lipinski definition) is 5. The first-order valence-corrected chi connectivity index (χ1v) is 12.5. The molecule has 0 bridgehead atoms. The van der Waals surface area contributed by atoms with Crippen LogP contribution in [0.3, 0.4) is 0 Å². The largest absolute Gasteiger partial charge is 0.507 e. The van der Waals surface area contributed by atoms with Gasteiger partial charge in [-0.05, 0) is 68.1 Å². The van der Waals surface area contributed by atoms with Crippen molar-refractivity contribution in [3.05, 3.63) is 65.2 Å². The fourth-order valence-electron chi connectivity index (χ4n) is 4.15.